The van der Waals surface area contributed by atoms with Crippen LogP contribution < -0.4 is 15.0 Å². The van der Waals surface area contributed by atoms with Crippen LogP contribution in [0.1, 0.15) is 55.3 Å². The standard InChI is InChI=1S/C35H37Cl2N5O4/c1-18-13-25(14-19(2)31(18)37)46-12-8-9-26-27-10-11-28(36)30(29-20(3)40-42(7)21(29)4)32(27)39-33(26)34(43)38-23-15-22(35(44)45)16-24(17-23)41(5)6/h10-11,13-17,39H,8-9,12H2,1-7H3,(H,38,43)(H,44,45). The highest BCUT2D eigenvalue weighted by Crippen LogP contribution is 2.40. The van der Waals surface area contributed by atoms with Crippen molar-refractivity contribution >= 4 is 57.4 Å². The number of amides is 1. The van der Waals surface area contributed by atoms with Crippen LogP contribution in [0.5, 0.6) is 5.75 Å². The Kier molecular flexibility index (Phi) is 9.37. The highest BCUT2D eigenvalue weighted by Gasteiger charge is 2.24. The Hall–Kier alpha value is -4.47. The van der Waals surface area contributed by atoms with E-state index < -0.39 is 11.9 Å². The van der Waals surface area contributed by atoms with Crippen LogP contribution in [0.2, 0.25) is 10.0 Å². The zero-order valence-corrected chi connectivity index (χ0v) is 28.4. The maximum atomic E-state index is 14.0. The molecular formula is C35H37Cl2N5O4. The van der Waals surface area contributed by atoms with Crippen molar-refractivity contribution in [2.24, 2.45) is 7.05 Å². The Balaban J connectivity index is 1.55. The molecule has 0 aliphatic heterocycles. The van der Waals surface area contributed by atoms with Gasteiger partial charge in [0.1, 0.15) is 11.4 Å². The summed E-state index contributed by atoms with van der Waals surface area (Å²) in [5.41, 5.74) is 8.31. The predicted octanol–water partition coefficient (Wildman–Crippen LogP) is 8.14. The Morgan fingerprint density at radius 1 is 1.02 bits per heavy atom. The summed E-state index contributed by atoms with van der Waals surface area (Å²) in [5.74, 6) is -0.744. The SMILES string of the molecule is Cc1cc(OCCCc2c(C(=O)Nc3cc(C(=O)O)cc(N(C)C)c3)[nH]c3c(-c4c(C)nn(C)c4C)c(Cl)ccc23)cc(C)c1Cl. The summed E-state index contributed by atoms with van der Waals surface area (Å²) >= 11 is 13.2. The molecule has 46 heavy (non-hydrogen) atoms. The smallest absolute Gasteiger partial charge is 0.335 e. The minimum absolute atomic E-state index is 0.0692. The number of halogens is 2. The zero-order valence-electron chi connectivity index (χ0n) is 26.9. The van der Waals surface area contributed by atoms with E-state index in [1.54, 1.807) is 17.0 Å². The van der Waals surface area contributed by atoms with E-state index >= 15 is 0 Å². The zero-order chi connectivity index (χ0) is 33.4. The molecule has 0 aliphatic carbocycles. The van der Waals surface area contributed by atoms with Gasteiger partial charge in [-0.1, -0.05) is 29.3 Å². The van der Waals surface area contributed by atoms with Crippen LogP contribution in [0, 0.1) is 27.7 Å². The summed E-state index contributed by atoms with van der Waals surface area (Å²) in [5, 5.41) is 19.3. The number of aromatic amines is 1. The van der Waals surface area contributed by atoms with Crippen molar-refractivity contribution in [3.05, 3.63) is 91.8 Å². The summed E-state index contributed by atoms with van der Waals surface area (Å²) in [6.07, 6.45) is 1.15. The molecule has 3 N–H and O–H groups in total. The van der Waals surface area contributed by atoms with Crippen LogP contribution in [0.4, 0.5) is 11.4 Å². The maximum absolute atomic E-state index is 14.0. The van der Waals surface area contributed by atoms with Gasteiger partial charge in [0.15, 0.2) is 0 Å². The number of carboxylic acid groups (broad SMARTS) is 1. The molecule has 9 nitrogen and oxygen atoms in total. The first kappa shape index (κ1) is 32.9. The van der Waals surface area contributed by atoms with Crippen LogP contribution in [0.25, 0.3) is 22.0 Å². The second-order valence-electron chi connectivity index (χ2n) is 11.7. The summed E-state index contributed by atoms with van der Waals surface area (Å²) in [6.45, 7) is 8.23. The fraction of sp³-hybridized carbons (Fsp3) is 0.286. The predicted molar refractivity (Wildman–Crippen MR) is 185 cm³/mol. The summed E-state index contributed by atoms with van der Waals surface area (Å²) in [4.78, 5) is 31.0. The van der Waals surface area contributed by atoms with Gasteiger partial charge in [0, 0.05) is 59.7 Å². The van der Waals surface area contributed by atoms with Gasteiger partial charge in [-0.25, -0.2) is 4.79 Å². The first-order valence-electron chi connectivity index (χ1n) is 14.9. The van der Waals surface area contributed by atoms with Crippen LogP contribution >= 0.6 is 23.2 Å². The molecule has 0 saturated carbocycles. The average molecular weight is 663 g/mol. The van der Waals surface area contributed by atoms with Gasteiger partial charge in [-0.05, 0) is 93.6 Å². The van der Waals surface area contributed by atoms with Crippen molar-refractivity contribution in [2.45, 2.75) is 40.5 Å². The van der Waals surface area contributed by atoms with Crippen LogP contribution in [-0.4, -0.2) is 52.4 Å². The number of hydrogen-bond acceptors (Lipinski definition) is 5. The number of fused-ring (bicyclic) bond motifs is 1. The third-order valence-corrected chi connectivity index (χ3v) is 9.12. The maximum Gasteiger partial charge on any atom is 0.335 e. The minimum atomic E-state index is -1.09. The van der Waals surface area contributed by atoms with Crippen molar-refractivity contribution < 1.29 is 19.4 Å². The Bertz CT molecular complexity index is 1970. The fourth-order valence-corrected chi connectivity index (χ4v) is 6.18. The van der Waals surface area contributed by atoms with Crippen LogP contribution in [0.15, 0.2) is 42.5 Å². The Morgan fingerprint density at radius 3 is 2.33 bits per heavy atom. The van der Waals surface area contributed by atoms with E-state index in [-0.39, 0.29) is 5.56 Å². The van der Waals surface area contributed by atoms with E-state index in [0.717, 1.165) is 60.9 Å². The first-order valence-corrected chi connectivity index (χ1v) is 15.6. The molecule has 0 saturated heterocycles. The van der Waals surface area contributed by atoms with E-state index in [9.17, 15) is 14.7 Å². The lowest BCUT2D eigenvalue weighted by atomic mass is 9.98. The second kappa shape index (κ2) is 13.1. The van der Waals surface area contributed by atoms with Gasteiger partial charge in [-0.3, -0.25) is 9.48 Å². The average Bonchev–Trinajstić information content (AvgIpc) is 3.49. The van der Waals surface area contributed by atoms with Gasteiger partial charge in [0.2, 0.25) is 0 Å². The number of carboxylic acids is 1. The number of aromatic carboxylic acids is 1. The fourth-order valence-electron chi connectivity index (χ4n) is 5.81. The van der Waals surface area contributed by atoms with Crippen LogP contribution in [0.3, 0.4) is 0 Å². The summed E-state index contributed by atoms with van der Waals surface area (Å²) in [7, 11) is 5.51. The molecule has 5 aromatic rings. The third-order valence-electron chi connectivity index (χ3n) is 8.21. The number of aryl methyl sites for hydroxylation is 5. The molecule has 0 bridgehead atoms. The number of H-pyrrole nitrogens is 1. The van der Waals surface area contributed by atoms with Gasteiger partial charge in [-0.2, -0.15) is 5.10 Å². The number of rotatable bonds is 10. The highest BCUT2D eigenvalue weighted by atomic mass is 35.5. The lowest BCUT2D eigenvalue weighted by Gasteiger charge is -2.15. The van der Waals surface area contributed by atoms with E-state index in [0.29, 0.717) is 41.5 Å². The van der Waals surface area contributed by atoms with E-state index in [1.807, 2.05) is 77.8 Å². The number of nitrogens with one attached hydrogen (secondary N) is 2. The summed E-state index contributed by atoms with van der Waals surface area (Å²) in [6, 6.07) is 12.3. The molecule has 0 fully saturated rings. The second-order valence-corrected chi connectivity index (χ2v) is 12.5. The molecule has 2 aromatic heterocycles. The molecular weight excluding hydrogens is 625 g/mol. The molecule has 0 aliphatic rings. The van der Waals surface area contributed by atoms with Gasteiger partial charge >= 0.3 is 5.97 Å². The van der Waals surface area contributed by atoms with Gasteiger partial charge in [0.05, 0.1) is 28.4 Å². The first-order chi connectivity index (χ1) is 21.8. The van der Waals surface area contributed by atoms with Crippen molar-refractivity contribution in [3.8, 4) is 16.9 Å². The van der Waals surface area contributed by atoms with Gasteiger partial charge in [0.25, 0.3) is 5.91 Å². The Morgan fingerprint density at radius 2 is 1.72 bits per heavy atom. The lowest BCUT2D eigenvalue weighted by Crippen LogP contribution is -2.16. The molecule has 0 radical (unpaired) electrons. The van der Waals surface area contributed by atoms with Crippen molar-refractivity contribution in [3.63, 3.8) is 0 Å². The number of aromatic nitrogens is 3. The van der Waals surface area contributed by atoms with Crippen molar-refractivity contribution in [1.29, 1.82) is 0 Å². The number of ether oxygens (including phenoxy) is 1. The largest absolute Gasteiger partial charge is 0.494 e. The van der Waals surface area contributed by atoms with Gasteiger partial charge in [-0.15, -0.1) is 0 Å². The summed E-state index contributed by atoms with van der Waals surface area (Å²) < 4.78 is 7.90. The molecule has 5 rings (SSSR count). The lowest BCUT2D eigenvalue weighted by molar-refractivity contribution is 0.0696. The molecule has 2 heterocycles. The molecule has 0 unspecified atom stereocenters. The molecule has 0 atom stereocenters. The van der Waals surface area contributed by atoms with Crippen molar-refractivity contribution in [1.82, 2.24) is 14.8 Å². The number of anilines is 2. The monoisotopic (exact) mass is 661 g/mol. The molecule has 0 spiro atoms. The van der Waals surface area contributed by atoms with Gasteiger partial charge < -0.3 is 25.0 Å². The highest BCUT2D eigenvalue weighted by molar-refractivity contribution is 6.35. The number of nitrogens with zero attached hydrogens (tertiary/aromatic N) is 3. The van der Waals surface area contributed by atoms with Crippen LogP contribution in [-0.2, 0) is 13.5 Å². The van der Waals surface area contributed by atoms with E-state index in [1.165, 1.54) is 6.07 Å². The topological polar surface area (TPSA) is 112 Å². The molecule has 11 heteroatoms. The number of carbonyl (C=O) groups is 2. The minimum Gasteiger partial charge on any atom is -0.494 e. The number of carbonyl (C=O) groups excluding carboxylic acids is 1. The number of benzene rings is 3. The van der Waals surface area contributed by atoms with Crippen molar-refractivity contribution in [2.75, 3.05) is 30.9 Å². The Labute approximate surface area is 278 Å². The molecule has 240 valence electrons. The van der Waals surface area contributed by atoms with E-state index in [4.69, 9.17) is 27.9 Å². The van der Waals surface area contributed by atoms with E-state index in [2.05, 4.69) is 15.4 Å². The molecule has 3 aromatic carbocycles. The number of hydrogen-bond donors (Lipinski definition) is 3. The normalized spacial score (nSPS) is 11.2. The molecule has 1 amide bonds. The quantitative estimate of drug-likeness (QED) is 0.130. The third kappa shape index (κ3) is 6.43.